The molecule has 1 unspecified atom stereocenters. The van der Waals surface area contributed by atoms with Gasteiger partial charge in [-0.25, -0.2) is 9.80 Å². The molecule has 4 amide bonds. The number of urea groups is 1. The van der Waals surface area contributed by atoms with Crippen LogP contribution in [0.15, 0.2) is 78.9 Å². The molecule has 0 aromatic heterocycles. The third-order valence-corrected chi connectivity index (χ3v) is 7.36. The van der Waals surface area contributed by atoms with Crippen molar-refractivity contribution in [2.75, 3.05) is 12.0 Å². The van der Waals surface area contributed by atoms with Gasteiger partial charge in [0.2, 0.25) is 5.91 Å². The fraction of sp³-hybridized carbons (Fsp3) is 0.364. The first kappa shape index (κ1) is 29.6. The normalized spacial score (nSPS) is 19.3. The Bertz CT molecular complexity index is 1390. The molecule has 3 aromatic carbocycles. The monoisotopic (exact) mass is 556 g/mol. The molecule has 0 aliphatic carbocycles. The Hall–Kier alpha value is -4.33. The molecule has 0 saturated carbocycles. The van der Waals surface area contributed by atoms with Crippen molar-refractivity contribution in [1.82, 2.24) is 10.4 Å². The fourth-order valence-electron chi connectivity index (χ4n) is 5.53. The molecule has 0 radical (unpaired) electrons. The molecular formula is C33H40N4O4. The highest BCUT2D eigenvalue weighted by molar-refractivity contribution is 6.00. The van der Waals surface area contributed by atoms with Gasteiger partial charge in [-0.15, -0.1) is 0 Å². The van der Waals surface area contributed by atoms with Gasteiger partial charge in [-0.05, 0) is 72.1 Å². The molecule has 1 saturated heterocycles. The summed E-state index contributed by atoms with van der Waals surface area (Å²) in [6, 6.07) is 22.6. The Kier molecular flexibility index (Phi) is 9.01. The van der Waals surface area contributed by atoms with Gasteiger partial charge < -0.3 is 10.5 Å². The van der Waals surface area contributed by atoms with E-state index in [-0.39, 0.29) is 23.7 Å². The average Bonchev–Trinajstić information content (AvgIpc) is 3.05. The number of benzene rings is 3. The maximum absolute atomic E-state index is 14.6. The van der Waals surface area contributed by atoms with Gasteiger partial charge in [0.1, 0.15) is 11.8 Å². The summed E-state index contributed by atoms with van der Waals surface area (Å²) in [4.78, 5) is 42.3. The van der Waals surface area contributed by atoms with Crippen LogP contribution in [-0.2, 0) is 9.59 Å². The van der Waals surface area contributed by atoms with Gasteiger partial charge in [0.15, 0.2) is 0 Å². The number of nitrogens with zero attached hydrogens (tertiary/aromatic N) is 2. The lowest BCUT2D eigenvalue weighted by molar-refractivity contribution is -0.145. The Morgan fingerprint density at radius 1 is 0.976 bits per heavy atom. The van der Waals surface area contributed by atoms with E-state index in [1.165, 1.54) is 9.91 Å². The van der Waals surface area contributed by atoms with Gasteiger partial charge in [-0.3, -0.25) is 19.9 Å². The molecule has 3 atom stereocenters. The first-order chi connectivity index (χ1) is 19.5. The molecule has 1 aliphatic rings. The van der Waals surface area contributed by atoms with Gasteiger partial charge in [0.05, 0.1) is 13.2 Å². The number of aryl methyl sites for hydroxylation is 1. The summed E-state index contributed by atoms with van der Waals surface area (Å²) in [5, 5.41) is 1.42. The number of ether oxygens (including phenoxy) is 1. The largest absolute Gasteiger partial charge is 0.497 e. The highest BCUT2D eigenvalue weighted by atomic mass is 16.5. The van der Waals surface area contributed by atoms with Crippen LogP contribution in [0.25, 0.3) is 0 Å². The third-order valence-electron chi connectivity index (χ3n) is 7.36. The van der Waals surface area contributed by atoms with E-state index in [9.17, 15) is 14.4 Å². The van der Waals surface area contributed by atoms with E-state index >= 15 is 0 Å². The van der Waals surface area contributed by atoms with Crippen molar-refractivity contribution in [3.05, 3.63) is 95.6 Å². The van der Waals surface area contributed by atoms with Crippen LogP contribution in [0.4, 0.5) is 10.5 Å². The molecular weight excluding hydrogens is 516 g/mol. The molecule has 1 fully saturated rings. The Labute approximate surface area is 242 Å². The number of hydrazine groups is 1. The Morgan fingerprint density at radius 3 is 2.29 bits per heavy atom. The zero-order valence-corrected chi connectivity index (χ0v) is 24.5. The maximum Gasteiger partial charge on any atom is 0.320 e. The van der Waals surface area contributed by atoms with E-state index in [1.807, 2.05) is 100 Å². The van der Waals surface area contributed by atoms with Crippen LogP contribution >= 0.6 is 0 Å². The molecule has 8 heteroatoms. The van der Waals surface area contributed by atoms with Gasteiger partial charge in [-0.2, -0.15) is 0 Å². The number of nitrogens with one attached hydrogen (secondary N) is 1. The highest BCUT2D eigenvalue weighted by Gasteiger charge is 2.43. The quantitative estimate of drug-likeness (QED) is 0.380. The van der Waals surface area contributed by atoms with Crippen molar-refractivity contribution in [1.29, 1.82) is 0 Å². The van der Waals surface area contributed by atoms with Crippen LogP contribution in [0.5, 0.6) is 5.75 Å². The van der Waals surface area contributed by atoms with Crippen molar-refractivity contribution in [2.45, 2.75) is 65.0 Å². The molecule has 3 aromatic rings. The lowest BCUT2D eigenvalue weighted by atomic mass is 9.86. The average molecular weight is 557 g/mol. The lowest BCUT2D eigenvalue weighted by Crippen LogP contribution is -2.57. The summed E-state index contributed by atoms with van der Waals surface area (Å²) >= 11 is 0. The number of anilines is 1. The Balaban J connectivity index is 1.88. The number of primary amides is 1. The van der Waals surface area contributed by atoms with Crippen molar-refractivity contribution >= 4 is 23.5 Å². The van der Waals surface area contributed by atoms with Crippen LogP contribution in [0.3, 0.4) is 0 Å². The number of carbonyl (C=O) groups excluding carboxylic acids is 3. The van der Waals surface area contributed by atoms with Gasteiger partial charge in [0.25, 0.3) is 5.91 Å². The molecule has 0 spiro atoms. The second-order valence-corrected chi connectivity index (χ2v) is 11.9. The van der Waals surface area contributed by atoms with Gasteiger partial charge in [-0.1, -0.05) is 75.4 Å². The van der Waals surface area contributed by atoms with E-state index in [0.717, 1.165) is 16.7 Å². The second-order valence-electron chi connectivity index (χ2n) is 11.9. The molecule has 216 valence electrons. The summed E-state index contributed by atoms with van der Waals surface area (Å²) < 4.78 is 5.50. The van der Waals surface area contributed by atoms with Crippen LogP contribution < -0.4 is 20.8 Å². The van der Waals surface area contributed by atoms with Gasteiger partial charge in [0, 0.05) is 12.1 Å². The van der Waals surface area contributed by atoms with E-state index in [1.54, 1.807) is 13.2 Å². The number of rotatable bonds is 7. The van der Waals surface area contributed by atoms with Gasteiger partial charge >= 0.3 is 6.03 Å². The van der Waals surface area contributed by atoms with E-state index in [4.69, 9.17) is 10.5 Å². The maximum atomic E-state index is 14.6. The SMILES string of the molecule is COc1cccc(C2C[C@@H](c3ccccc3)C[C@@H](N(C(N)=O)c3cccc(C)c3)C(=O)N2NC(=O)CC(C)(C)C)c1. The summed E-state index contributed by atoms with van der Waals surface area (Å²) in [7, 11) is 1.59. The summed E-state index contributed by atoms with van der Waals surface area (Å²) in [6.45, 7) is 7.83. The van der Waals surface area contributed by atoms with E-state index < -0.39 is 24.0 Å². The minimum atomic E-state index is -0.954. The smallest absolute Gasteiger partial charge is 0.320 e. The van der Waals surface area contributed by atoms with E-state index in [2.05, 4.69) is 5.43 Å². The zero-order valence-electron chi connectivity index (χ0n) is 24.5. The van der Waals surface area contributed by atoms with E-state index in [0.29, 0.717) is 24.3 Å². The number of nitrogens with two attached hydrogens (primary N) is 1. The predicted octanol–water partition coefficient (Wildman–Crippen LogP) is 5.87. The topological polar surface area (TPSA) is 105 Å². The second kappa shape index (κ2) is 12.5. The van der Waals surface area contributed by atoms with Crippen LogP contribution in [0, 0.1) is 12.3 Å². The minimum absolute atomic E-state index is 0.127. The first-order valence-electron chi connectivity index (χ1n) is 13.9. The molecule has 0 bridgehead atoms. The molecule has 8 nitrogen and oxygen atoms in total. The number of methoxy groups -OCH3 is 1. The molecule has 4 rings (SSSR count). The van der Waals surface area contributed by atoms with Crippen molar-refractivity contribution in [3.63, 3.8) is 0 Å². The summed E-state index contributed by atoms with van der Waals surface area (Å²) in [5.74, 6) is -0.167. The van der Waals surface area contributed by atoms with Crippen LogP contribution in [0.2, 0.25) is 0 Å². The third kappa shape index (κ3) is 7.25. The predicted molar refractivity (Wildman–Crippen MR) is 160 cm³/mol. The number of hydrogen-bond acceptors (Lipinski definition) is 4. The van der Waals surface area contributed by atoms with Crippen molar-refractivity contribution < 1.29 is 19.1 Å². The van der Waals surface area contributed by atoms with Crippen molar-refractivity contribution in [3.8, 4) is 5.75 Å². The molecule has 3 N–H and O–H groups in total. The molecule has 41 heavy (non-hydrogen) atoms. The van der Waals surface area contributed by atoms with Crippen LogP contribution in [-0.4, -0.2) is 36.0 Å². The summed E-state index contributed by atoms with van der Waals surface area (Å²) in [6.07, 6.45) is 1.05. The number of hydrogen-bond donors (Lipinski definition) is 2. The zero-order chi connectivity index (χ0) is 29.7. The van der Waals surface area contributed by atoms with Crippen LogP contribution in [0.1, 0.15) is 68.7 Å². The first-order valence-corrected chi connectivity index (χ1v) is 13.9. The van der Waals surface area contributed by atoms with Crippen molar-refractivity contribution in [2.24, 2.45) is 11.1 Å². The highest BCUT2D eigenvalue weighted by Crippen LogP contribution is 2.41. The minimum Gasteiger partial charge on any atom is -0.497 e. The lowest BCUT2D eigenvalue weighted by Gasteiger charge is -2.35. The number of carbonyl (C=O) groups is 3. The fourth-order valence-corrected chi connectivity index (χ4v) is 5.53. The summed E-state index contributed by atoms with van der Waals surface area (Å²) in [5.41, 5.74) is 11.9. The Morgan fingerprint density at radius 2 is 1.66 bits per heavy atom. The molecule has 1 aliphatic heterocycles. The molecule has 1 heterocycles. The number of amides is 4. The standard InChI is InChI=1S/C33H40N4O4/c1-22-11-9-15-26(17-22)36(32(34)40)29-20-25(23-12-7-6-8-13-23)19-28(24-14-10-16-27(18-24)41-5)37(31(29)39)35-30(38)21-33(2,3)4/h6-18,25,28-29H,19-21H2,1-5H3,(H2,34,40)(H,35,38)/t25-,28?,29-/m1/s1.